The fourth-order valence-corrected chi connectivity index (χ4v) is 5.72. The molecular weight excluding hydrogens is 428 g/mol. The summed E-state index contributed by atoms with van der Waals surface area (Å²) < 4.78 is 27.5. The van der Waals surface area contributed by atoms with E-state index >= 15 is 0 Å². The molecule has 1 atom stereocenters. The Balaban J connectivity index is 1.43. The van der Waals surface area contributed by atoms with Gasteiger partial charge in [0.05, 0.1) is 10.8 Å². The molecule has 0 bridgehead atoms. The van der Waals surface area contributed by atoms with E-state index in [9.17, 15) is 18.0 Å². The zero-order valence-corrected chi connectivity index (χ0v) is 19.0. The summed E-state index contributed by atoms with van der Waals surface area (Å²) in [6, 6.07) is 11.7. The van der Waals surface area contributed by atoms with Crippen LogP contribution in [0.1, 0.15) is 37.8 Å². The highest BCUT2D eigenvalue weighted by Gasteiger charge is 2.35. The third kappa shape index (κ3) is 4.83. The Morgan fingerprint density at radius 2 is 1.72 bits per heavy atom. The molecule has 2 aliphatic rings. The summed E-state index contributed by atoms with van der Waals surface area (Å²) in [6.07, 6.45) is 3.96. The molecule has 170 valence electrons. The van der Waals surface area contributed by atoms with Gasteiger partial charge in [-0.25, -0.2) is 13.4 Å². The van der Waals surface area contributed by atoms with Crippen LogP contribution in [-0.2, 0) is 19.6 Å². The lowest BCUT2D eigenvalue weighted by molar-refractivity contribution is -0.122. The first kappa shape index (κ1) is 22.4. The number of nitrogens with zero attached hydrogens (tertiary/aromatic N) is 3. The molecule has 0 radical (unpaired) electrons. The number of hydrogen-bond acceptors (Lipinski definition) is 5. The van der Waals surface area contributed by atoms with Gasteiger partial charge in [0, 0.05) is 37.4 Å². The number of carbonyl (C=O) groups excluding carboxylic acids is 2. The second kappa shape index (κ2) is 9.38. The van der Waals surface area contributed by atoms with E-state index < -0.39 is 15.9 Å². The van der Waals surface area contributed by atoms with Crippen molar-refractivity contribution in [3.05, 3.63) is 48.2 Å². The highest BCUT2D eigenvalue weighted by atomic mass is 32.2. The van der Waals surface area contributed by atoms with Gasteiger partial charge in [-0.2, -0.15) is 4.31 Å². The second-order valence-corrected chi connectivity index (χ2v) is 10.3. The smallest absolute Gasteiger partial charge is 0.243 e. The molecule has 0 spiro atoms. The molecule has 4 rings (SSSR count). The van der Waals surface area contributed by atoms with Crippen molar-refractivity contribution in [2.45, 2.75) is 43.9 Å². The maximum Gasteiger partial charge on any atom is 0.243 e. The van der Waals surface area contributed by atoms with Gasteiger partial charge in [0.15, 0.2) is 0 Å². The number of rotatable bonds is 5. The molecular formula is C23H28N4O4S. The first-order chi connectivity index (χ1) is 15.3. The SMILES string of the molecule is Cc1cccc(NC(=O)[C@H]2CC(=O)N(c3ccc(S(=O)(=O)N4CCCCCC4)cc3)C2)n1. The summed E-state index contributed by atoms with van der Waals surface area (Å²) in [5.41, 5.74) is 1.39. The van der Waals surface area contributed by atoms with Crippen molar-refractivity contribution >= 4 is 33.3 Å². The second-order valence-electron chi connectivity index (χ2n) is 8.37. The number of carbonyl (C=O) groups is 2. The molecule has 1 N–H and O–H groups in total. The Labute approximate surface area is 188 Å². The Morgan fingerprint density at radius 1 is 1.03 bits per heavy atom. The van der Waals surface area contributed by atoms with Gasteiger partial charge in [0.25, 0.3) is 0 Å². The molecule has 9 heteroatoms. The van der Waals surface area contributed by atoms with Crippen LogP contribution in [0.25, 0.3) is 0 Å². The van der Waals surface area contributed by atoms with E-state index in [1.165, 1.54) is 4.90 Å². The van der Waals surface area contributed by atoms with Crippen LogP contribution in [0, 0.1) is 12.8 Å². The highest BCUT2D eigenvalue weighted by molar-refractivity contribution is 7.89. The molecule has 0 aliphatic carbocycles. The molecule has 2 amide bonds. The molecule has 32 heavy (non-hydrogen) atoms. The van der Waals surface area contributed by atoms with Crippen molar-refractivity contribution in [3.8, 4) is 0 Å². The summed E-state index contributed by atoms with van der Waals surface area (Å²) in [5.74, 6) is -0.445. The van der Waals surface area contributed by atoms with E-state index in [2.05, 4.69) is 10.3 Å². The van der Waals surface area contributed by atoms with Gasteiger partial charge in [-0.05, 0) is 56.2 Å². The lowest BCUT2D eigenvalue weighted by Gasteiger charge is -2.21. The average Bonchev–Trinajstić information content (AvgIpc) is 2.97. The summed E-state index contributed by atoms with van der Waals surface area (Å²) in [5, 5.41) is 2.77. The number of pyridine rings is 1. The van der Waals surface area contributed by atoms with E-state index in [1.807, 2.05) is 19.1 Å². The topological polar surface area (TPSA) is 99.7 Å². The van der Waals surface area contributed by atoms with E-state index in [-0.39, 0.29) is 29.7 Å². The van der Waals surface area contributed by atoms with Crippen LogP contribution in [0.5, 0.6) is 0 Å². The lowest BCUT2D eigenvalue weighted by Crippen LogP contribution is -2.32. The van der Waals surface area contributed by atoms with Crippen LogP contribution >= 0.6 is 0 Å². The minimum atomic E-state index is -3.54. The van der Waals surface area contributed by atoms with Crippen molar-refractivity contribution in [1.29, 1.82) is 0 Å². The van der Waals surface area contributed by atoms with Gasteiger partial charge in [-0.3, -0.25) is 9.59 Å². The predicted octanol–water partition coefficient (Wildman–Crippen LogP) is 2.95. The number of aryl methyl sites for hydroxylation is 1. The number of amides is 2. The van der Waals surface area contributed by atoms with Gasteiger partial charge in [0.2, 0.25) is 21.8 Å². The molecule has 8 nitrogen and oxygen atoms in total. The fourth-order valence-electron chi connectivity index (χ4n) is 4.20. The molecule has 2 aromatic rings. The largest absolute Gasteiger partial charge is 0.312 e. The molecule has 1 aromatic heterocycles. The lowest BCUT2D eigenvalue weighted by atomic mass is 10.1. The van der Waals surface area contributed by atoms with Crippen LogP contribution < -0.4 is 10.2 Å². The van der Waals surface area contributed by atoms with Gasteiger partial charge in [-0.15, -0.1) is 0 Å². The normalized spacial score (nSPS) is 20.2. The Morgan fingerprint density at radius 3 is 2.38 bits per heavy atom. The van der Waals surface area contributed by atoms with E-state index in [0.717, 1.165) is 31.4 Å². The van der Waals surface area contributed by atoms with Crippen molar-refractivity contribution < 1.29 is 18.0 Å². The quantitative estimate of drug-likeness (QED) is 0.746. The van der Waals surface area contributed by atoms with Crippen LogP contribution in [0.2, 0.25) is 0 Å². The molecule has 2 aliphatic heterocycles. The number of sulfonamides is 1. The summed E-state index contributed by atoms with van der Waals surface area (Å²) in [7, 11) is -3.54. The Bertz CT molecular complexity index is 1090. The van der Waals surface area contributed by atoms with E-state index in [4.69, 9.17) is 0 Å². The van der Waals surface area contributed by atoms with Crippen LogP contribution in [0.15, 0.2) is 47.4 Å². The van der Waals surface area contributed by atoms with E-state index in [0.29, 0.717) is 24.6 Å². The molecule has 0 unspecified atom stereocenters. The first-order valence-electron chi connectivity index (χ1n) is 11.0. The monoisotopic (exact) mass is 456 g/mol. The molecule has 3 heterocycles. The minimum absolute atomic E-state index is 0.103. The maximum absolute atomic E-state index is 13.0. The third-order valence-electron chi connectivity index (χ3n) is 5.99. The number of anilines is 2. The van der Waals surface area contributed by atoms with Crippen LogP contribution in [0.4, 0.5) is 11.5 Å². The third-order valence-corrected chi connectivity index (χ3v) is 7.90. The van der Waals surface area contributed by atoms with Gasteiger partial charge in [-0.1, -0.05) is 18.9 Å². The van der Waals surface area contributed by atoms with E-state index in [1.54, 1.807) is 34.6 Å². The van der Waals surface area contributed by atoms with Crippen LogP contribution in [0.3, 0.4) is 0 Å². The first-order valence-corrected chi connectivity index (χ1v) is 12.4. The maximum atomic E-state index is 13.0. The number of benzene rings is 1. The molecule has 1 aromatic carbocycles. The molecule has 2 fully saturated rings. The summed E-state index contributed by atoms with van der Waals surface area (Å²) in [4.78, 5) is 31.2. The zero-order chi connectivity index (χ0) is 22.7. The number of nitrogens with one attached hydrogen (secondary N) is 1. The number of aromatic nitrogens is 1. The fraction of sp³-hybridized carbons (Fsp3) is 0.435. The van der Waals surface area contributed by atoms with Gasteiger partial charge in [0.1, 0.15) is 5.82 Å². The Hall–Kier alpha value is -2.78. The zero-order valence-electron chi connectivity index (χ0n) is 18.2. The summed E-state index contributed by atoms with van der Waals surface area (Å²) >= 11 is 0. The van der Waals surface area contributed by atoms with Crippen molar-refractivity contribution in [3.63, 3.8) is 0 Å². The Kier molecular flexibility index (Phi) is 6.57. The van der Waals surface area contributed by atoms with Crippen molar-refractivity contribution in [2.75, 3.05) is 29.9 Å². The van der Waals surface area contributed by atoms with Crippen molar-refractivity contribution in [2.24, 2.45) is 5.92 Å². The van der Waals surface area contributed by atoms with Gasteiger partial charge >= 0.3 is 0 Å². The predicted molar refractivity (Wildman–Crippen MR) is 122 cm³/mol. The highest BCUT2D eigenvalue weighted by Crippen LogP contribution is 2.28. The van der Waals surface area contributed by atoms with Gasteiger partial charge < -0.3 is 10.2 Å². The van der Waals surface area contributed by atoms with Crippen LogP contribution in [-0.4, -0.2) is 49.2 Å². The van der Waals surface area contributed by atoms with Crippen molar-refractivity contribution in [1.82, 2.24) is 9.29 Å². The molecule has 0 saturated carbocycles. The molecule has 2 saturated heterocycles. The summed E-state index contributed by atoms with van der Waals surface area (Å²) in [6.45, 7) is 3.17. The average molecular weight is 457 g/mol. The number of hydrogen-bond donors (Lipinski definition) is 1. The minimum Gasteiger partial charge on any atom is -0.312 e. The standard InChI is InChI=1S/C23H28N4O4S/c1-17-7-6-8-21(24-17)25-23(29)18-15-22(28)27(16-18)19-9-11-20(12-10-19)32(30,31)26-13-4-2-3-5-14-26/h6-12,18H,2-5,13-16H2,1H3,(H,24,25,29)/t18-/m0/s1.